The van der Waals surface area contributed by atoms with Crippen LogP contribution in [0.5, 0.6) is 17.2 Å². The highest BCUT2D eigenvalue weighted by Crippen LogP contribution is 2.48. The summed E-state index contributed by atoms with van der Waals surface area (Å²) in [5.74, 6) is 2.58. The van der Waals surface area contributed by atoms with Gasteiger partial charge in [-0.05, 0) is 36.9 Å². The SMILES string of the molecule is COc1cc2c(c(OC)c1OC)CCC2CN.Cl. The maximum Gasteiger partial charge on any atom is 0.203 e. The summed E-state index contributed by atoms with van der Waals surface area (Å²) >= 11 is 0. The zero-order valence-corrected chi connectivity index (χ0v) is 11.8. The van der Waals surface area contributed by atoms with E-state index in [4.69, 9.17) is 19.9 Å². The molecule has 0 bridgehead atoms. The standard InChI is InChI=1S/C13H19NO3.ClH/c1-15-11-6-10-8(7-14)4-5-9(10)12(16-2)13(11)17-3;/h6,8H,4-5,7,14H2,1-3H3;1H. The molecule has 0 saturated heterocycles. The van der Waals surface area contributed by atoms with Crippen LogP contribution in [0.1, 0.15) is 23.5 Å². The fraction of sp³-hybridized carbons (Fsp3) is 0.538. The van der Waals surface area contributed by atoms with Crippen molar-refractivity contribution >= 4 is 12.4 Å². The summed E-state index contributed by atoms with van der Waals surface area (Å²) in [7, 11) is 4.92. The van der Waals surface area contributed by atoms with Crippen molar-refractivity contribution in [2.24, 2.45) is 5.73 Å². The van der Waals surface area contributed by atoms with Gasteiger partial charge in [0.15, 0.2) is 11.5 Å². The highest BCUT2D eigenvalue weighted by molar-refractivity contribution is 5.85. The van der Waals surface area contributed by atoms with Gasteiger partial charge < -0.3 is 19.9 Å². The molecule has 4 nitrogen and oxygen atoms in total. The molecule has 1 unspecified atom stereocenters. The number of halogens is 1. The maximum absolute atomic E-state index is 5.79. The Morgan fingerprint density at radius 2 is 1.83 bits per heavy atom. The van der Waals surface area contributed by atoms with Gasteiger partial charge in [0, 0.05) is 5.56 Å². The molecular weight excluding hydrogens is 254 g/mol. The van der Waals surface area contributed by atoms with Crippen LogP contribution in [-0.2, 0) is 6.42 Å². The molecular formula is C13H20ClNO3. The smallest absolute Gasteiger partial charge is 0.203 e. The summed E-state index contributed by atoms with van der Waals surface area (Å²) in [6.07, 6.45) is 2.05. The Kier molecular flexibility index (Phi) is 5.11. The first kappa shape index (κ1) is 14.9. The maximum atomic E-state index is 5.79. The van der Waals surface area contributed by atoms with Gasteiger partial charge >= 0.3 is 0 Å². The van der Waals surface area contributed by atoms with Crippen LogP contribution in [0.15, 0.2) is 6.07 Å². The van der Waals surface area contributed by atoms with Crippen LogP contribution in [0.2, 0.25) is 0 Å². The molecule has 1 aromatic carbocycles. The minimum absolute atomic E-state index is 0. The lowest BCUT2D eigenvalue weighted by Gasteiger charge is -2.17. The van der Waals surface area contributed by atoms with E-state index in [-0.39, 0.29) is 12.4 Å². The Morgan fingerprint density at radius 3 is 2.33 bits per heavy atom. The number of nitrogens with two attached hydrogens (primary N) is 1. The largest absolute Gasteiger partial charge is 0.493 e. The molecule has 0 aliphatic heterocycles. The Balaban J connectivity index is 0.00000162. The molecule has 2 rings (SSSR count). The molecule has 0 amide bonds. The molecule has 2 N–H and O–H groups in total. The van der Waals surface area contributed by atoms with E-state index in [2.05, 4.69) is 0 Å². The van der Waals surface area contributed by atoms with Crippen molar-refractivity contribution in [1.82, 2.24) is 0 Å². The van der Waals surface area contributed by atoms with E-state index in [0.717, 1.165) is 18.6 Å². The van der Waals surface area contributed by atoms with E-state index in [9.17, 15) is 0 Å². The molecule has 102 valence electrons. The van der Waals surface area contributed by atoms with Gasteiger partial charge in [-0.1, -0.05) is 0 Å². The van der Waals surface area contributed by atoms with Crippen LogP contribution in [0.3, 0.4) is 0 Å². The predicted molar refractivity (Wildman–Crippen MR) is 73.5 cm³/mol. The van der Waals surface area contributed by atoms with E-state index < -0.39 is 0 Å². The number of benzene rings is 1. The van der Waals surface area contributed by atoms with Crippen molar-refractivity contribution in [2.75, 3.05) is 27.9 Å². The van der Waals surface area contributed by atoms with Gasteiger partial charge in [-0.2, -0.15) is 0 Å². The molecule has 0 fully saturated rings. The van der Waals surface area contributed by atoms with Crippen molar-refractivity contribution in [1.29, 1.82) is 0 Å². The van der Waals surface area contributed by atoms with E-state index in [1.807, 2.05) is 6.07 Å². The molecule has 0 aromatic heterocycles. The van der Waals surface area contributed by atoms with Crippen LogP contribution in [0, 0.1) is 0 Å². The van der Waals surface area contributed by atoms with Gasteiger partial charge in [-0.3, -0.25) is 0 Å². The summed E-state index contributed by atoms with van der Waals surface area (Å²) in [6.45, 7) is 0.658. The summed E-state index contributed by atoms with van der Waals surface area (Å²) in [4.78, 5) is 0. The zero-order chi connectivity index (χ0) is 12.4. The van der Waals surface area contributed by atoms with Gasteiger partial charge in [-0.15, -0.1) is 12.4 Å². The van der Waals surface area contributed by atoms with Crippen molar-refractivity contribution < 1.29 is 14.2 Å². The molecule has 18 heavy (non-hydrogen) atoms. The van der Waals surface area contributed by atoms with Gasteiger partial charge in [0.2, 0.25) is 5.75 Å². The molecule has 1 atom stereocenters. The third kappa shape index (κ3) is 2.22. The highest BCUT2D eigenvalue weighted by atomic mass is 35.5. The highest BCUT2D eigenvalue weighted by Gasteiger charge is 2.29. The zero-order valence-electron chi connectivity index (χ0n) is 11.0. The summed E-state index contributed by atoms with van der Waals surface area (Å²) in [6, 6.07) is 2.03. The summed E-state index contributed by atoms with van der Waals surface area (Å²) in [5.41, 5.74) is 8.24. The Morgan fingerprint density at radius 1 is 1.17 bits per heavy atom. The molecule has 0 radical (unpaired) electrons. The first-order valence-electron chi connectivity index (χ1n) is 5.78. The lowest BCUT2D eigenvalue weighted by Crippen LogP contribution is -2.09. The fourth-order valence-corrected chi connectivity index (χ4v) is 2.58. The molecule has 0 saturated carbocycles. The lowest BCUT2D eigenvalue weighted by atomic mass is 10.0. The quantitative estimate of drug-likeness (QED) is 0.913. The second-order valence-electron chi connectivity index (χ2n) is 4.18. The number of hydrogen-bond acceptors (Lipinski definition) is 4. The average molecular weight is 274 g/mol. The van der Waals surface area contributed by atoms with E-state index in [1.54, 1.807) is 21.3 Å². The second-order valence-corrected chi connectivity index (χ2v) is 4.18. The lowest BCUT2D eigenvalue weighted by molar-refractivity contribution is 0.322. The van der Waals surface area contributed by atoms with Crippen LogP contribution in [0.25, 0.3) is 0 Å². The first-order chi connectivity index (χ1) is 8.26. The third-order valence-electron chi connectivity index (χ3n) is 3.43. The van der Waals surface area contributed by atoms with E-state index in [0.29, 0.717) is 24.0 Å². The fourth-order valence-electron chi connectivity index (χ4n) is 2.58. The first-order valence-corrected chi connectivity index (χ1v) is 5.78. The molecule has 1 aliphatic carbocycles. The molecule has 5 heteroatoms. The second kappa shape index (κ2) is 6.16. The van der Waals surface area contributed by atoms with E-state index in [1.165, 1.54) is 11.1 Å². The molecule has 1 aliphatic rings. The third-order valence-corrected chi connectivity index (χ3v) is 3.43. The number of hydrogen-bond donors (Lipinski definition) is 1. The minimum atomic E-state index is 0. The minimum Gasteiger partial charge on any atom is -0.493 e. The number of ether oxygens (including phenoxy) is 3. The Bertz CT molecular complexity index is 423. The number of methoxy groups -OCH3 is 3. The van der Waals surface area contributed by atoms with Crippen molar-refractivity contribution in [2.45, 2.75) is 18.8 Å². The van der Waals surface area contributed by atoms with Crippen LogP contribution >= 0.6 is 12.4 Å². The van der Waals surface area contributed by atoms with Gasteiger partial charge in [0.25, 0.3) is 0 Å². The molecule has 1 aromatic rings. The predicted octanol–water partition coefficient (Wildman–Crippen LogP) is 2.12. The normalized spacial score (nSPS) is 16.8. The van der Waals surface area contributed by atoms with Gasteiger partial charge in [-0.25, -0.2) is 0 Å². The topological polar surface area (TPSA) is 53.7 Å². The number of fused-ring (bicyclic) bond motifs is 1. The number of rotatable bonds is 4. The summed E-state index contributed by atoms with van der Waals surface area (Å²) < 4.78 is 16.2. The van der Waals surface area contributed by atoms with Gasteiger partial charge in [0.1, 0.15) is 0 Å². The van der Waals surface area contributed by atoms with Crippen LogP contribution < -0.4 is 19.9 Å². The summed E-state index contributed by atoms with van der Waals surface area (Å²) in [5, 5.41) is 0. The molecule has 0 heterocycles. The van der Waals surface area contributed by atoms with Crippen LogP contribution in [0.4, 0.5) is 0 Å². The van der Waals surface area contributed by atoms with Gasteiger partial charge in [0.05, 0.1) is 21.3 Å². The monoisotopic (exact) mass is 273 g/mol. The Hall–Kier alpha value is -1.13. The molecule has 0 spiro atoms. The van der Waals surface area contributed by atoms with Crippen LogP contribution in [-0.4, -0.2) is 27.9 Å². The van der Waals surface area contributed by atoms with Crippen molar-refractivity contribution in [3.63, 3.8) is 0 Å². The van der Waals surface area contributed by atoms with Crippen molar-refractivity contribution in [3.05, 3.63) is 17.2 Å². The Labute approximate surface area is 114 Å². The van der Waals surface area contributed by atoms with E-state index >= 15 is 0 Å². The van der Waals surface area contributed by atoms with Crippen molar-refractivity contribution in [3.8, 4) is 17.2 Å². The average Bonchev–Trinajstić information content (AvgIpc) is 2.78.